The number of carbonyl (C=O) groups is 1. The van der Waals surface area contributed by atoms with E-state index in [0.29, 0.717) is 35.1 Å². The van der Waals surface area contributed by atoms with E-state index < -0.39 is 22.0 Å². The van der Waals surface area contributed by atoms with Crippen molar-refractivity contribution in [2.24, 2.45) is 0 Å². The lowest BCUT2D eigenvalue weighted by atomic mass is 10.1. The Bertz CT molecular complexity index is 1260. The van der Waals surface area contributed by atoms with Gasteiger partial charge in [0.2, 0.25) is 15.9 Å². The standard InChI is InChI=1S/C26H30N2O6S/c1-5-34-24-14-12-21(15-18(24)2)35(30,31)28-23(16-19-9-7-6-8-10-19)26(29)27-22-13-11-20(32-3)17-25(22)33-4/h6-15,17,23,28H,5,16H2,1-4H3,(H,27,29). The van der Waals surface area contributed by atoms with Crippen molar-refractivity contribution >= 4 is 21.6 Å². The maximum absolute atomic E-state index is 13.3. The lowest BCUT2D eigenvalue weighted by Gasteiger charge is -2.20. The van der Waals surface area contributed by atoms with Crippen LogP contribution < -0.4 is 24.2 Å². The van der Waals surface area contributed by atoms with Gasteiger partial charge in [0.1, 0.15) is 23.3 Å². The molecule has 0 heterocycles. The molecule has 0 bridgehead atoms. The number of benzene rings is 3. The van der Waals surface area contributed by atoms with Crippen LogP contribution in [0.2, 0.25) is 0 Å². The molecule has 0 fully saturated rings. The van der Waals surface area contributed by atoms with Gasteiger partial charge >= 0.3 is 0 Å². The van der Waals surface area contributed by atoms with Crippen LogP contribution in [0.15, 0.2) is 71.6 Å². The minimum atomic E-state index is -4.02. The van der Waals surface area contributed by atoms with Crippen LogP contribution in [0.25, 0.3) is 0 Å². The molecule has 0 saturated carbocycles. The number of hydrogen-bond donors (Lipinski definition) is 2. The first-order valence-electron chi connectivity index (χ1n) is 11.1. The van der Waals surface area contributed by atoms with Gasteiger partial charge in [-0.05, 0) is 61.7 Å². The van der Waals surface area contributed by atoms with E-state index in [9.17, 15) is 13.2 Å². The van der Waals surface area contributed by atoms with Gasteiger partial charge in [0.25, 0.3) is 0 Å². The average Bonchev–Trinajstić information content (AvgIpc) is 2.85. The minimum Gasteiger partial charge on any atom is -0.497 e. The number of rotatable bonds is 11. The molecule has 1 amide bonds. The second-order valence-corrected chi connectivity index (χ2v) is 9.49. The predicted octanol–water partition coefficient (Wildman–Crippen LogP) is 3.94. The Morgan fingerprint density at radius 3 is 2.31 bits per heavy atom. The quantitative estimate of drug-likeness (QED) is 0.415. The Morgan fingerprint density at radius 1 is 0.943 bits per heavy atom. The van der Waals surface area contributed by atoms with Crippen molar-refractivity contribution in [3.8, 4) is 17.2 Å². The zero-order chi connectivity index (χ0) is 25.4. The van der Waals surface area contributed by atoms with Gasteiger partial charge in [-0.2, -0.15) is 4.72 Å². The normalized spacial score (nSPS) is 12.0. The van der Waals surface area contributed by atoms with Crippen molar-refractivity contribution in [2.75, 3.05) is 26.1 Å². The molecule has 0 aliphatic rings. The van der Waals surface area contributed by atoms with Gasteiger partial charge in [0, 0.05) is 6.07 Å². The highest BCUT2D eigenvalue weighted by Crippen LogP contribution is 2.29. The summed E-state index contributed by atoms with van der Waals surface area (Å²) in [5, 5.41) is 2.78. The topological polar surface area (TPSA) is 103 Å². The van der Waals surface area contributed by atoms with Crippen LogP contribution in [0.1, 0.15) is 18.1 Å². The summed E-state index contributed by atoms with van der Waals surface area (Å²) >= 11 is 0. The second kappa shape index (κ2) is 11.7. The summed E-state index contributed by atoms with van der Waals surface area (Å²) in [5.41, 5.74) is 1.88. The molecule has 35 heavy (non-hydrogen) atoms. The fourth-order valence-electron chi connectivity index (χ4n) is 3.52. The summed E-state index contributed by atoms with van der Waals surface area (Å²) in [6, 6.07) is 17.7. The molecule has 9 heteroatoms. The third kappa shape index (κ3) is 6.74. The lowest BCUT2D eigenvalue weighted by molar-refractivity contribution is -0.117. The fourth-order valence-corrected chi connectivity index (χ4v) is 4.80. The molecule has 2 N–H and O–H groups in total. The first kappa shape index (κ1) is 26.1. The zero-order valence-corrected chi connectivity index (χ0v) is 21.0. The highest BCUT2D eigenvalue weighted by atomic mass is 32.2. The van der Waals surface area contributed by atoms with E-state index >= 15 is 0 Å². The number of ether oxygens (including phenoxy) is 3. The summed E-state index contributed by atoms with van der Waals surface area (Å²) < 4.78 is 45.1. The Kier molecular flexibility index (Phi) is 8.73. The van der Waals surface area contributed by atoms with E-state index in [1.807, 2.05) is 37.3 Å². The Labute approximate surface area is 206 Å². The molecule has 186 valence electrons. The number of nitrogens with one attached hydrogen (secondary N) is 2. The van der Waals surface area contributed by atoms with Crippen molar-refractivity contribution in [3.05, 3.63) is 77.9 Å². The first-order chi connectivity index (χ1) is 16.8. The van der Waals surface area contributed by atoms with Crippen LogP contribution >= 0.6 is 0 Å². The molecule has 0 aromatic heterocycles. The van der Waals surface area contributed by atoms with E-state index in [1.165, 1.54) is 26.4 Å². The molecule has 0 aliphatic carbocycles. The van der Waals surface area contributed by atoms with Crippen LogP contribution in [0, 0.1) is 6.92 Å². The number of sulfonamides is 1. The molecule has 8 nitrogen and oxygen atoms in total. The van der Waals surface area contributed by atoms with Crippen LogP contribution in [-0.2, 0) is 21.2 Å². The molecule has 0 spiro atoms. The number of hydrogen-bond acceptors (Lipinski definition) is 6. The molecule has 0 saturated heterocycles. The molecule has 0 aliphatic heterocycles. The molecule has 3 rings (SSSR count). The fraction of sp³-hybridized carbons (Fsp3) is 0.269. The molecule has 3 aromatic carbocycles. The van der Waals surface area contributed by atoms with Gasteiger partial charge in [0.05, 0.1) is 31.4 Å². The van der Waals surface area contributed by atoms with Gasteiger partial charge in [0.15, 0.2) is 0 Å². The van der Waals surface area contributed by atoms with Gasteiger partial charge in [-0.25, -0.2) is 8.42 Å². The predicted molar refractivity (Wildman–Crippen MR) is 135 cm³/mol. The van der Waals surface area contributed by atoms with E-state index in [1.54, 1.807) is 31.2 Å². The maximum atomic E-state index is 13.3. The van der Waals surface area contributed by atoms with Crippen molar-refractivity contribution in [1.29, 1.82) is 0 Å². The number of amides is 1. The molecule has 0 radical (unpaired) electrons. The highest BCUT2D eigenvalue weighted by molar-refractivity contribution is 7.89. The molecule has 1 unspecified atom stereocenters. The zero-order valence-electron chi connectivity index (χ0n) is 20.2. The number of aryl methyl sites for hydroxylation is 1. The summed E-state index contributed by atoms with van der Waals surface area (Å²) in [6.07, 6.45) is 0.153. The smallest absolute Gasteiger partial charge is 0.243 e. The Morgan fingerprint density at radius 2 is 1.69 bits per heavy atom. The van der Waals surface area contributed by atoms with Gasteiger partial charge < -0.3 is 19.5 Å². The van der Waals surface area contributed by atoms with Gasteiger partial charge in [-0.1, -0.05) is 30.3 Å². The largest absolute Gasteiger partial charge is 0.497 e. The monoisotopic (exact) mass is 498 g/mol. The average molecular weight is 499 g/mol. The van der Waals surface area contributed by atoms with Crippen LogP contribution in [0.5, 0.6) is 17.2 Å². The Hall–Kier alpha value is -3.56. The summed E-state index contributed by atoms with van der Waals surface area (Å²) in [5.74, 6) is 1.04. The molecule has 3 aromatic rings. The van der Waals surface area contributed by atoms with E-state index in [0.717, 1.165) is 5.56 Å². The number of anilines is 1. The first-order valence-corrected chi connectivity index (χ1v) is 12.6. The van der Waals surface area contributed by atoms with Crippen molar-refractivity contribution in [2.45, 2.75) is 31.2 Å². The third-order valence-corrected chi connectivity index (χ3v) is 6.79. The van der Waals surface area contributed by atoms with Crippen LogP contribution in [0.4, 0.5) is 5.69 Å². The van der Waals surface area contributed by atoms with E-state index in [-0.39, 0.29) is 11.3 Å². The van der Waals surface area contributed by atoms with E-state index in [4.69, 9.17) is 14.2 Å². The summed E-state index contributed by atoms with van der Waals surface area (Å²) in [6.45, 7) is 4.10. The summed E-state index contributed by atoms with van der Waals surface area (Å²) in [7, 11) is -1.01. The Balaban J connectivity index is 1.90. The number of carbonyl (C=O) groups excluding carboxylic acids is 1. The highest BCUT2D eigenvalue weighted by Gasteiger charge is 2.27. The second-order valence-electron chi connectivity index (χ2n) is 7.78. The molecule has 1 atom stereocenters. The molecular formula is C26H30N2O6S. The molecular weight excluding hydrogens is 468 g/mol. The summed E-state index contributed by atoms with van der Waals surface area (Å²) in [4.78, 5) is 13.4. The maximum Gasteiger partial charge on any atom is 0.243 e. The third-order valence-electron chi connectivity index (χ3n) is 5.32. The van der Waals surface area contributed by atoms with Crippen molar-refractivity contribution in [3.63, 3.8) is 0 Å². The minimum absolute atomic E-state index is 0.0475. The lowest BCUT2D eigenvalue weighted by Crippen LogP contribution is -2.45. The van der Waals surface area contributed by atoms with Crippen LogP contribution in [0.3, 0.4) is 0 Å². The van der Waals surface area contributed by atoms with Crippen molar-refractivity contribution in [1.82, 2.24) is 4.72 Å². The SMILES string of the molecule is CCOc1ccc(S(=O)(=O)NC(Cc2ccccc2)C(=O)Nc2ccc(OC)cc2OC)cc1C. The van der Waals surface area contributed by atoms with E-state index in [2.05, 4.69) is 10.0 Å². The van der Waals surface area contributed by atoms with Crippen molar-refractivity contribution < 1.29 is 27.4 Å². The van der Waals surface area contributed by atoms with Gasteiger partial charge in [-0.15, -0.1) is 0 Å². The number of methoxy groups -OCH3 is 2. The van der Waals surface area contributed by atoms with Gasteiger partial charge in [-0.3, -0.25) is 4.79 Å². The van der Waals surface area contributed by atoms with Crippen LogP contribution in [-0.4, -0.2) is 41.2 Å².